The molecule has 0 amide bonds. The molecule has 8 heteroatoms. The molecule has 7 rings (SSSR count). The fourth-order valence-electron chi connectivity index (χ4n) is 8.37. The molecule has 0 fully saturated rings. The Morgan fingerprint density at radius 1 is 0.241 bits per heavy atom. The zero-order valence-corrected chi connectivity index (χ0v) is 35.5. The van der Waals surface area contributed by atoms with E-state index in [1.54, 1.807) is 56.9 Å². The monoisotopic (exact) mass is 780 g/mol. The van der Waals surface area contributed by atoms with E-state index in [1.165, 1.54) is 22.3 Å². The highest BCUT2D eigenvalue weighted by atomic mass is 16.5. The van der Waals surface area contributed by atoms with Crippen molar-refractivity contribution in [2.45, 2.75) is 38.5 Å². The Morgan fingerprint density at radius 3 is 0.534 bits per heavy atom. The summed E-state index contributed by atoms with van der Waals surface area (Å²) < 4.78 is 46.3. The van der Waals surface area contributed by atoms with E-state index < -0.39 is 10.8 Å². The van der Waals surface area contributed by atoms with Crippen LogP contribution < -0.4 is 37.9 Å². The van der Waals surface area contributed by atoms with E-state index in [9.17, 15) is 0 Å². The molecule has 300 valence electrons. The van der Waals surface area contributed by atoms with Crippen LogP contribution in [0.3, 0.4) is 0 Å². The summed E-state index contributed by atoms with van der Waals surface area (Å²) in [4.78, 5) is 0. The van der Waals surface area contributed by atoms with Crippen LogP contribution in [0.1, 0.15) is 49.9 Å². The van der Waals surface area contributed by atoms with Crippen molar-refractivity contribution in [1.29, 1.82) is 0 Å². The van der Waals surface area contributed by atoms with Gasteiger partial charge in [-0.1, -0.05) is 27.7 Å². The fourth-order valence-corrected chi connectivity index (χ4v) is 8.37. The number of rotatable bonds is 12. The summed E-state index contributed by atoms with van der Waals surface area (Å²) in [5, 5.41) is 0. The van der Waals surface area contributed by atoms with Gasteiger partial charge in [0.15, 0.2) is 0 Å². The predicted molar refractivity (Wildman–Crippen MR) is 231 cm³/mol. The minimum Gasteiger partial charge on any atom is -0.497 e. The van der Waals surface area contributed by atoms with Gasteiger partial charge >= 0.3 is 0 Å². The molecule has 0 atom stereocenters. The summed E-state index contributed by atoms with van der Waals surface area (Å²) in [6, 6.07) is 33.4. The predicted octanol–water partition coefficient (Wildman–Crippen LogP) is 11.4. The molecule has 0 bridgehead atoms. The average Bonchev–Trinajstić information content (AvgIpc) is 3.26. The number of ether oxygens (including phenoxy) is 8. The van der Waals surface area contributed by atoms with Crippen LogP contribution >= 0.6 is 0 Å². The van der Waals surface area contributed by atoms with Gasteiger partial charge in [-0.25, -0.2) is 0 Å². The first kappa shape index (κ1) is 39.9. The van der Waals surface area contributed by atoms with Crippen molar-refractivity contribution in [2.75, 3.05) is 56.9 Å². The van der Waals surface area contributed by atoms with Gasteiger partial charge in [-0.3, -0.25) is 0 Å². The van der Waals surface area contributed by atoms with Crippen molar-refractivity contribution in [2.24, 2.45) is 0 Å². The summed E-state index contributed by atoms with van der Waals surface area (Å²) in [5.41, 5.74) is 11.9. The summed E-state index contributed by atoms with van der Waals surface area (Å²) in [6.45, 7) is 9.26. The standard InChI is InChI=1S/C50H52O8/c1-49(2)45-25-41(29-13-33(51-5)21-34(14-29)52-6)43(31-17-37(55-9)23-38(18-31)56-10)27-47(45)50(3,4)48-28-44(32-19-39(57-11)24-40(20-32)58-12)42(26-46(48)49)30-15-35(53-7)22-36(16-30)54-8/h13-28H,1-12H3. The first-order chi connectivity index (χ1) is 27.8. The van der Waals surface area contributed by atoms with E-state index in [2.05, 4.69) is 100 Å². The Kier molecular flexibility index (Phi) is 10.7. The van der Waals surface area contributed by atoms with E-state index in [1.807, 2.05) is 24.3 Å². The maximum Gasteiger partial charge on any atom is 0.123 e. The van der Waals surface area contributed by atoms with Crippen LogP contribution in [0.2, 0.25) is 0 Å². The van der Waals surface area contributed by atoms with Crippen LogP contribution in [-0.4, -0.2) is 56.9 Å². The second-order valence-corrected chi connectivity index (χ2v) is 15.5. The van der Waals surface area contributed by atoms with Crippen LogP contribution in [0.4, 0.5) is 0 Å². The highest BCUT2D eigenvalue weighted by Crippen LogP contribution is 2.55. The van der Waals surface area contributed by atoms with E-state index in [-0.39, 0.29) is 0 Å². The van der Waals surface area contributed by atoms with Crippen molar-refractivity contribution >= 4 is 0 Å². The molecule has 8 nitrogen and oxygen atoms in total. The topological polar surface area (TPSA) is 73.8 Å². The number of hydrogen-bond acceptors (Lipinski definition) is 8. The molecule has 0 radical (unpaired) electrons. The van der Waals surface area contributed by atoms with Crippen molar-refractivity contribution in [3.8, 4) is 90.5 Å². The highest BCUT2D eigenvalue weighted by molar-refractivity contribution is 5.90. The Morgan fingerprint density at radius 2 is 0.397 bits per heavy atom. The largest absolute Gasteiger partial charge is 0.497 e. The minimum absolute atomic E-state index is 0.454. The van der Waals surface area contributed by atoms with Gasteiger partial charge in [-0.2, -0.15) is 0 Å². The van der Waals surface area contributed by atoms with E-state index >= 15 is 0 Å². The number of hydrogen-bond donors (Lipinski definition) is 0. The maximum atomic E-state index is 5.78. The lowest BCUT2D eigenvalue weighted by Gasteiger charge is -2.45. The quantitative estimate of drug-likeness (QED) is 0.122. The Hall–Kier alpha value is -6.28. The molecule has 0 saturated carbocycles. The zero-order chi connectivity index (χ0) is 41.5. The first-order valence-corrected chi connectivity index (χ1v) is 19.1. The summed E-state index contributed by atoms with van der Waals surface area (Å²) in [7, 11) is 13.4. The third-order valence-corrected chi connectivity index (χ3v) is 11.7. The van der Waals surface area contributed by atoms with Gasteiger partial charge in [0.2, 0.25) is 0 Å². The van der Waals surface area contributed by atoms with Crippen LogP contribution in [0.25, 0.3) is 44.5 Å². The lowest BCUT2D eigenvalue weighted by molar-refractivity contribution is 0.394. The van der Waals surface area contributed by atoms with E-state index in [4.69, 9.17) is 37.9 Å². The normalized spacial score (nSPS) is 13.4. The molecule has 6 aromatic rings. The Balaban J connectivity index is 1.58. The third-order valence-electron chi connectivity index (χ3n) is 11.7. The first-order valence-electron chi connectivity index (χ1n) is 19.1. The summed E-state index contributed by atoms with van der Waals surface area (Å²) in [5.74, 6) is 5.60. The lowest BCUT2D eigenvalue weighted by Crippen LogP contribution is -2.37. The van der Waals surface area contributed by atoms with Gasteiger partial charge < -0.3 is 37.9 Å². The van der Waals surface area contributed by atoms with Gasteiger partial charge in [0, 0.05) is 35.1 Å². The molecule has 0 spiro atoms. The Bertz CT molecular complexity index is 2080. The van der Waals surface area contributed by atoms with Gasteiger partial charge in [0.1, 0.15) is 46.0 Å². The van der Waals surface area contributed by atoms with Gasteiger partial charge in [-0.15, -0.1) is 0 Å². The smallest absolute Gasteiger partial charge is 0.123 e. The van der Waals surface area contributed by atoms with Crippen LogP contribution in [0.5, 0.6) is 46.0 Å². The highest BCUT2D eigenvalue weighted by Gasteiger charge is 2.43. The molecule has 0 aliphatic heterocycles. The zero-order valence-electron chi connectivity index (χ0n) is 35.5. The van der Waals surface area contributed by atoms with Crippen molar-refractivity contribution < 1.29 is 37.9 Å². The molecule has 0 N–H and O–H groups in total. The molecule has 1 aliphatic carbocycles. The fraction of sp³-hybridized carbons (Fsp3) is 0.280. The van der Waals surface area contributed by atoms with E-state index in [0.717, 1.165) is 44.5 Å². The summed E-state index contributed by atoms with van der Waals surface area (Å²) in [6.07, 6.45) is 0. The second kappa shape index (κ2) is 15.6. The Labute approximate surface area is 342 Å². The SMILES string of the molecule is COc1cc(OC)cc(-c2cc3c(cc2-c2cc(OC)cc(OC)c2)C(C)(C)c2cc(-c4cc(OC)cc(OC)c4)c(-c4cc(OC)cc(OC)c4)cc2C3(C)C)c1. The summed E-state index contributed by atoms with van der Waals surface area (Å²) >= 11 is 0. The van der Waals surface area contributed by atoms with Crippen molar-refractivity contribution in [3.05, 3.63) is 119 Å². The van der Waals surface area contributed by atoms with Gasteiger partial charge in [-0.05, 0) is 140 Å². The molecular formula is C50H52O8. The number of benzene rings is 6. The van der Waals surface area contributed by atoms with Crippen molar-refractivity contribution in [3.63, 3.8) is 0 Å². The molecule has 0 unspecified atom stereocenters. The molecule has 6 aromatic carbocycles. The lowest BCUT2D eigenvalue weighted by atomic mass is 9.58. The number of fused-ring (bicyclic) bond motifs is 2. The molecule has 0 aromatic heterocycles. The van der Waals surface area contributed by atoms with Crippen LogP contribution in [0.15, 0.2) is 97.1 Å². The van der Waals surface area contributed by atoms with Gasteiger partial charge in [0.25, 0.3) is 0 Å². The average molecular weight is 781 g/mol. The van der Waals surface area contributed by atoms with E-state index in [0.29, 0.717) is 46.0 Å². The second-order valence-electron chi connectivity index (χ2n) is 15.5. The maximum absolute atomic E-state index is 5.78. The van der Waals surface area contributed by atoms with Gasteiger partial charge in [0.05, 0.1) is 56.9 Å². The molecular weight excluding hydrogens is 729 g/mol. The third kappa shape index (κ3) is 7.01. The molecule has 58 heavy (non-hydrogen) atoms. The van der Waals surface area contributed by atoms with Crippen LogP contribution in [0, 0.1) is 0 Å². The van der Waals surface area contributed by atoms with Crippen molar-refractivity contribution in [1.82, 2.24) is 0 Å². The molecule has 0 saturated heterocycles. The minimum atomic E-state index is -0.454. The number of methoxy groups -OCH3 is 8. The van der Waals surface area contributed by atoms with Crippen LogP contribution in [-0.2, 0) is 10.8 Å². The molecule has 0 heterocycles. The molecule has 1 aliphatic rings.